The van der Waals surface area contributed by atoms with Gasteiger partial charge in [-0.25, -0.2) is 4.79 Å². The number of carboxylic acid groups (broad SMARTS) is 1. The fraction of sp³-hybridized carbons (Fsp3) is 0.818. The Kier molecular flexibility index (Phi) is 4.89. The fourth-order valence-electron chi connectivity index (χ4n) is 1.39. The summed E-state index contributed by atoms with van der Waals surface area (Å²) in [5, 5.41) is 11.4. The van der Waals surface area contributed by atoms with E-state index >= 15 is 0 Å². The molecule has 1 aliphatic carbocycles. The molecule has 6 nitrogen and oxygen atoms in total. The number of methoxy groups -OCH3 is 1. The zero-order chi connectivity index (χ0) is 12.9. The molecule has 6 heteroatoms. The molecule has 17 heavy (non-hydrogen) atoms. The Morgan fingerprint density at radius 2 is 2.12 bits per heavy atom. The quantitative estimate of drug-likeness (QED) is 0.629. The van der Waals surface area contributed by atoms with E-state index in [0.717, 1.165) is 12.8 Å². The van der Waals surface area contributed by atoms with Crippen molar-refractivity contribution in [2.45, 2.75) is 25.3 Å². The standard InChI is InChI=1S/C11H19NO5/c1-11(7-16-2,10(14)15)12-9(13)6-17-5-8-3-4-8/h8H,3-7H2,1-2H3,(H,12,13)(H,14,15). The molecule has 1 rings (SSSR count). The largest absolute Gasteiger partial charge is 0.479 e. The van der Waals surface area contributed by atoms with Gasteiger partial charge < -0.3 is 19.9 Å². The molecular formula is C11H19NO5. The molecule has 0 aromatic rings. The third-order valence-electron chi connectivity index (χ3n) is 2.60. The van der Waals surface area contributed by atoms with Gasteiger partial charge in [0.2, 0.25) is 5.91 Å². The van der Waals surface area contributed by atoms with Crippen LogP contribution in [-0.2, 0) is 19.1 Å². The molecule has 0 aromatic heterocycles. The number of rotatable bonds is 8. The lowest BCUT2D eigenvalue weighted by atomic mass is 10.0. The molecule has 1 saturated carbocycles. The van der Waals surface area contributed by atoms with Crippen molar-refractivity contribution in [3.8, 4) is 0 Å². The van der Waals surface area contributed by atoms with Crippen LogP contribution < -0.4 is 5.32 Å². The third kappa shape index (κ3) is 4.70. The zero-order valence-electron chi connectivity index (χ0n) is 10.2. The lowest BCUT2D eigenvalue weighted by Gasteiger charge is -2.25. The fourth-order valence-corrected chi connectivity index (χ4v) is 1.39. The molecule has 0 aromatic carbocycles. The summed E-state index contributed by atoms with van der Waals surface area (Å²) in [4.78, 5) is 22.5. The van der Waals surface area contributed by atoms with E-state index in [2.05, 4.69) is 5.32 Å². The molecular weight excluding hydrogens is 226 g/mol. The first-order valence-electron chi connectivity index (χ1n) is 5.59. The van der Waals surface area contributed by atoms with Crippen LogP contribution >= 0.6 is 0 Å². The number of amides is 1. The normalized spacial score (nSPS) is 18.5. The first-order valence-corrected chi connectivity index (χ1v) is 5.59. The van der Waals surface area contributed by atoms with Gasteiger partial charge in [-0.2, -0.15) is 0 Å². The summed E-state index contributed by atoms with van der Waals surface area (Å²) in [7, 11) is 1.39. The first kappa shape index (κ1) is 13.9. The van der Waals surface area contributed by atoms with Crippen LogP contribution in [0.25, 0.3) is 0 Å². The molecule has 0 bridgehead atoms. The predicted molar refractivity (Wildman–Crippen MR) is 59.6 cm³/mol. The molecule has 0 radical (unpaired) electrons. The van der Waals surface area contributed by atoms with Gasteiger partial charge in [0.1, 0.15) is 6.61 Å². The lowest BCUT2D eigenvalue weighted by Crippen LogP contribution is -2.56. The molecule has 0 spiro atoms. The van der Waals surface area contributed by atoms with E-state index in [4.69, 9.17) is 14.6 Å². The van der Waals surface area contributed by atoms with Crippen molar-refractivity contribution < 1.29 is 24.2 Å². The van der Waals surface area contributed by atoms with Gasteiger partial charge in [0.15, 0.2) is 5.54 Å². The number of aliphatic carboxylic acids is 1. The monoisotopic (exact) mass is 245 g/mol. The van der Waals surface area contributed by atoms with E-state index in [1.165, 1.54) is 14.0 Å². The molecule has 2 N–H and O–H groups in total. The van der Waals surface area contributed by atoms with Crippen LogP contribution in [0.5, 0.6) is 0 Å². The lowest BCUT2D eigenvalue weighted by molar-refractivity contribution is -0.150. The maximum absolute atomic E-state index is 11.5. The van der Waals surface area contributed by atoms with Crippen molar-refractivity contribution in [3.05, 3.63) is 0 Å². The van der Waals surface area contributed by atoms with Gasteiger partial charge in [0, 0.05) is 7.11 Å². The van der Waals surface area contributed by atoms with E-state index in [9.17, 15) is 9.59 Å². The van der Waals surface area contributed by atoms with Crippen LogP contribution in [-0.4, -0.2) is 49.5 Å². The Morgan fingerprint density at radius 1 is 1.47 bits per heavy atom. The summed E-state index contributed by atoms with van der Waals surface area (Å²) < 4.78 is 9.96. The number of carbonyl (C=O) groups is 2. The minimum absolute atomic E-state index is 0.0866. The number of hydrogen-bond acceptors (Lipinski definition) is 4. The van der Waals surface area contributed by atoms with Crippen LogP contribution in [0.1, 0.15) is 19.8 Å². The van der Waals surface area contributed by atoms with Crippen LogP contribution in [0.2, 0.25) is 0 Å². The molecule has 1 fully saturated rings. The Labute approximate surface area is 100 Å². The summed E-state index contributed by atoms with van der Waals surface area (Å²) in [5.41, 5.74) is -1.41. The van der Waals surface area contributed by atoms with Crippen LogP contribution in [0, 0.1) is 5.92 Å². The Morgan fingerprint density at radius 3 is 2.59 bits per heavy atom. The highest BCUT2D eigenvalue weighted by molar-refractivity contribution is 5.87. The molecule has 1 aliphatic rings. The average molecular weight is 245 g/mol. The molecule has 1 atom stereocenters. The summed E-state index contributed by atoms with van der Waals surface area (Å²) in [6, 6.07) is 0. The Bertz CT molecular complexity index is 290. The van der Waals surface area contributed by atoms with Gasteiger partial charge in [0.05, 0.1) is 13.2 Å². The van der Waals surface area contributed by atoms with E-state index in [1.807, 2.05) is 0 Å². The number of nitrogens with one attached hydrogen (secondary N) is 1. The first-order chi connectivity index (χ1) is 7.98. The van der Waals surface area contributed by atoms with Gasteiger partial charge in [0.25, 0.3) is 0 Å². The highest BCUT2D eigenvalue weighted by Crippen LogP contribution is 2.28. The minimum Gasteiger partial charge on any atom is -0.479 e. The number of ether oxygens (including phenoxy) is 2. The molecule has 0 aliphatic heterocycles. The highest BCUT2D eigenvalue weighted by Gasteiger charge is 2.35. The second-order valence-electron chi connectivity index (χ2n) is 4.58. The maximum atomic E-state index is 11.5. The molecule has 98 valence electrons. The van der Waals surface area contributed by atoms with Crippen molar-refractivity contribution in [1.29, 1.82) is 0 Å². The minimum atomic E-state index is -1.41. The van der Waals surface area contributed by atoms with Crippen molar-refractivity contribution >= 4 is 11.9 Å². The van der Waals surface area contributed by atoms with Gasteiger partial charge in [-0.15, -0.1) is 0 Å². The van der Waals surface area contributed by atoms with Crippen molar-refractivity contribution in [3.63, 3.8) is 0 Å². The predicted octanol–water partition coefficient (Wildman–Crippen LogP) is 0.0189. The van der Waals surface area contributed by atoms with Crippen molar-refractivity contribution in [2.24, 2.45) is 5.92 Å². The smallest absolute Gasteiger partial charge is 0.331 e. The van der Waals surface area contributed by atoms with Crippen LogP contribution in [0.4, 0.5) is 0 Å². The van der Waals surface area contributed by atoms with Gasteiger partial charge in [-0.05, 0) is 25.7 Å². The molecule has 1 unspecified atom stereocenters. The summed E-state index contributed by atoms with van der Waals surface area (Å²) in [5.74, 6) is -0.991. The Hall–Kier alpha value is -1.14. The second kappa shape index (κ2) is 5.97. The van der Waals surface area contributed by atoms with Crippen LogP contribution in [0.3, 0.4) is 0 Å². The second-order valence-corrected chi connectivity index (χ2v) is 4.58. The number of carbonyl (C=O) groups excluding carboxylic acids is 1. The summed E-state index contributed by atoms with van der Waals surface area (Å²) in [6.07, 6.45) is 2.30. The SMILES string of the molecule is COCC(C)(NC(=O)COCC1CC1)C(=O)O. The number of hydrogen-bond donors (Lipinski definition) is 2. The van der Waals surface area contributed by atoms with Gasteiger partial charge >= 0.3 is 5.97 Å². The Balaban J connectivity index is 2.31. The van der Waals surface area contributed by atoms with Crippen LogP contribution in [0.15, 0.2) is 0 Å². The van der Waals surface area contributed by atoms with Crippen molar-refractivity contribution in [1.82, 2.24) is 5.32 Å². The average Bonchev–Trinajstić information content (AvgIpc) is 3.01. The van der Waals surface area contributed by atoms with E-state index in [-0.39, 0.29) is 13.2 Å². The van der Waals surface area contributed by atoms with Gasteiger partial charge in [-0.1, -0.05) is 0 Å². The summed E-state index contributed by atoms with van der Waals surface area (Å²) >= 11 is 0. The van der Waals surface area contributed by atoms with E-state index in [1.54, 1.807) is 0 Å². The molecule has 0 heterocycles. The van der Waals surface area contributed by atoms with E-state index in [0.29, 0.717) is 12.5 Å². The molecule has 1 amide bonds. The maximum Gasteiger partial charge on any atom is 0.331 e. The highest BCUT2D eigenvalue weighted by atomic mass is 16.5. The van der Waals surface area contributed by atoms with Crippen molar-refractivity contribution in [2.75, 3.05) is 26.9 Å². The number of carboxylic acids is 1. The van der Waals surface area contributed by atoms with Gasteiger partial charge in [-0.3, -0.25) is 4.79 Å². The summed E-state index contributed by atoms with van der Waals surface area (Å²) in [6.45, 7) is 1.78. The molecule has 0 saturated heterocycles. The third-order valence-corrected chi connectivity index (χ3v) is 2.60. The van der Waals surface area contributed by atoms with E-state index < -0.39 is 17.4 Å². The topological polar surface area (TPSA) is 84.9 Å². The zero-order valence-corrected chi connectivity index (χ0v) is 10.2.